The molecule has 5 rings (SSSR count). The highest BCUT2D eigenvalue weighted by Gasteiger charge is 2.31. The van der Waals surface area contributed by atoms with Gasteiger partial charge in [-0.25, -0.2) is 0 Å². The van der Waals surface area contributed by atoms with Gasteiger partial charge in [0.25, 0.3) is 0 Å². The van der Waals surface area contributed by atoms with Crippen molar-refractivity contribution in [3.05, 3.63) is 41.3 Å². The second-order valence-corrected chi connectivity index (χ2v) is 6.48. The highest BCUT2D eigenvalue weighted by Crippen LogP contribution is 2.40. The Morgan fingerprint density at radius 3 is 3.21 bits per heavy atom. The molecule has 0 saturated carbocycles. The fourth-order valence-corrected chi connectivity index (χ4v) is 3.80. The number of hydrogen-bond donors (Lipinski definition) is 3. The normalized spacial score (nSPS) is 20.3. The lowest BCUT2D eigenvalue weighted by Gasteiger charge is -2.25. The summed E-state index contributed by atoms with van der Waals surface area (Å²) < 4.78 is 2.08. The summed E-state index contributed by atoms with van der Waals surface area (Å²) >= 11 is 0. The molecule has 1 aromatic carbocycles. The molecule has 24 heavy (non-hydrogen) atoms. The van der Waals surface area contributed by atoms with Crippen LogP contribution in [0.2, 0.25) is 0 Å². The minimum Gasteiger partial charge on any atom is -0.326 e. The number of carbonyl (C=O) groups is 1. The monoisotopic (exact) mass is 322 g/mol. The maximum atomic E-state index is 12.2. The molecular formula is C17H18N6O. The molecule has 1 atom stereocenters. The van der Waals surface area contributed by atoms with Gasteiger partial charge in [-0.1, -0.05) is 0 Å². The molecule has 0 fully saturated rings. The Morgan fingerprint density at radius 2 is 2.25 bits per heavy atom. The summed E-state index contributed by atoms with van der Waals surface area (Å²) in [7, 11) is 0. The van der Waals surface area contributed by atoms with E-state index < -0.39 is 0 Å². The second kappa shape index (κ2) is 5.17. The van der Waals surface area contributed by atoms with Crippen molar-refractivity contribution in [1.82, 2.24) is 25.3 Å². The van der Waals surface area contributed by atoms with Crippen molar-refractivity contribution in [3.8, 4) is 0 Å². The summed E-state index contributed by atoms with van der Waals surface area (Å²) in [5.41, 5.74) is 5.08. The number of carbonyl (C=O) groups excluding carboxylic acids is 1. The molecule has 3 N–H and O–H groups in total. The number of nitrogens with zero attached hydrogens (tertiary/aromatic N) is 3. The molecule has 0 saturated heterocycles. The standard InChI is InChI=1S/C17H18N6O/c24-15-7-12(14-6-11-9-18-4-1-5-23(11)22-14)16-13(20-15)3-2-10-8-19-21-17(10)16/h2-3,6,8,12,18H,1,4-5,7,9H2,(H,19,21)(H,20,24). The van der Waals surface area contributed by atoms with Crippen molar-refractivity contribution in [2.24, 2.45) is 0 Å². The molecule has 4 heterocycles. The SMILES string of the molecule is O=C1CC(c2cc3n(n2)CCCNC3)c2c(ccc3cn[nH]c23)N1. The Balaban J connectivity index is 1.67. The highest BCUT2D eigenvalue weighted by atomic mass is 16.1. The lowest BCUT2D eigenvalue weighted by atomic mass is 9.86. The number of hydrogen-bond acceptors (Lipinski definition) is 4. The van der Waals surface area contributed by atoms with Gasteiger partial charge in [0.1, 0.15) is 0 Å². The Labute approximate surface area is 138 Å². The molecule has 2 aliphatic rings. The molecule has 2 aromatic heterocycles. The van der Waals surface area contributed by atoms with Gasteiger partial charge in [-0.3, -0.25) is 14.6 Å². The quantitative estimate of drug-likeness (QED) is 0.637. The van der Waals surface area contributed by atoms with Gasteiger partial charge in [0.05, 0.1) is 23.1 Å². The number of H-pyrrole nitrogens is 1. The summed E-state index contributed by atoms with van der Waals surface area (Å²) in [4.78, 5) is 12.2. The highest BCUT2D eigenvalue weighted by molar-refractivity contribution is 6.00. The van der Waals surface area contributed by atoms with Gasteiger partial charge in [-0.15, -0.1) is 0 Å². The third-order valence-electron chi connectivity index (χ3n) is 4.94. The van der Waals surface area contributed by atoms with Crippen LogP contribution in [0.25, 0.3) is 10.9 Å². The minimum atomic E-state index is -0.0441. The van der Waals surface area contributed by atoms with Crippen LogP contribution in [0, 0.1) is 0 Å². The lowest BCUT2D eigenvalue weighted by Crippen LogP contribution is -2.24. The number of aromatic amines is 1. The molecule has 0 radical (unpaired) electrons. The van der Waals surface area contributed by atoms with Crippen molar-refractivity contribution >= 4 is 22.5 Å². The number of aromatic nitrogens is 4. The van der Waals surface area contributed by atoms with E-state index in [9.17, 15) is 4.79 Å². The third kappa shape index (κ3) is 2.05. The van der Waals surface area contributed by atoms with Gasteiger partial charge in [-0.2, -0.15) is 10.2 Å². The predicted octanol–water partition coefficient (Wildman–Crippen LogP) is 1.73. The van der Waals surface area contributed by atoms with Crippen LogP contribution in [0.15, 0.2) is 24.4 Å². The van der Waals surface area contributed by atoms with Gasteiger partial charge in [0.15, 0.2) is 0 Å². The zero-order valence-electron chi connectivity index (χ0n) is 13.2. The number of nitrogens with one attached hydrogen (secondary N) is 3. The van der Waals surface area contributed by atoms with Gasteiger partial charge in [0, 0.05) is 42.1 Å². The van der Waals surface area contributed by atoms with Crippen molar-refractivity contribution in [2.45, 2.75) is 31.8 Å². The maximum absolute atomic E-state index is 12.2. The molecule has 2 aliphatic heterocycles. The molecular weight excluding hydrogens is 304 g/mol. The largest absolute Gasteiger partial charge is 0.326 e. The Morgan fingerprint density at radius 1 is 1.29 bits per heavy atom. The first-order valence-electron chi connectivity index (χ1n) is 8.33. The number of fused-ring (bicyclic) bond motifs is 4. The fraction of sp³-hybridized carbons (Fsp3) is 0.353. The number of anilines is 1. The summed E-state index contributed by atoms with van der Waals surface area (Å²) in [6.45, 7) is 2.76. The van der Waals surface area contributed by atoms with Gasteiger partial charge in [0.2, 0.25) is 5.91 Å². The molecule has 0 spiro atoms. The summed E-state index contributed by atoms with van der Waals surface area (Å²) in [6.07, 6.45) is 3.30. The predicted molar refractivity (Wildman–Crippen MR) is 89.7 cm³/mol. The average molecular weight is 322 g/mol. The van der Waals surface area contributed by atoms with E-state index in [0.717, 1.165) is 53.9 Å². The first-order valence-corrected chi connectivity index (χ1v) is 8.33. The van der Waals surface area contributed by atoms with Crippen LogP contribution in [0.5, 0.6) is 0 Å². The van der Waals surface area contributed by atoms with E-state index in [-0.39, 0.29) is 11.8 Å². The zero-order chi connectivity index (χ0) is 16.1. The van der Waals surface area contributed by atoms with E-state index in [1.807, 2.05) is 18.3 Å². The molecule has 0 aliphatic carbocycles. The average Bonchev–Trinajstić information content (AvgIpc) is 3.16. The van der Waals surface area contributed by atoms with Crippen LogP contribution < -0.4 is 10.6 Å². The first-order chi connectivity index (χ1) is 11.8. The van der Waals surface area contributed by atoms with E-state index >= 15 is 0 Å². The Kier molecular flexibility index (Phi) is 2.96. The van der Waals surface area contributed by atoms with Crippen LogP contribution in [0.3, 0.4) is 0 Å². The molecule has 1 amide bonds. The van der Waals surface area contributed by atoms with Crippen molar-refractivity contribution in [2.75, 3.05) is 11.9 Å². The summed E-state index contributed by atoms with van der Waals surface area (Å²) in [5.74, 6) is -0.00925. The summed E-state index contributed by atoms with van der Waals surface area (Å²) in [6, 6.07) is 6.08. The lowest BCUT2D eigenvalue weighted by molar-refractivity contribution is -0.116. The Bertz CT molecular complexity index is 916. The fourth-order valence-electron chi connectivity index (χ4n) is 3.80. The van der Waals surface area contributed by atoms with Crippen LogP contribution >= 0.6 is 0 Å². The molecule has 0 bridgehead atoms. The maximum Gasteiger partial charge on any atom is 0.225 e. The van der Waals surface area contributed by atoms with Crippen LogP contribution in [0.4, 0.5) is 5.69 Å². The van der Waals surface area contributed by atoms with Crippen LogP contribution in [-0.2, 0) is 17.9 Å². The zero-order valence-corrected chi connectivity index (χ0v) is 13.2. The molecule has 122 valence electrons. The number of aryl methyl sites for hydroxylation is 1. The van der Waals surface area contributed by atoms with Gasteiger partial charge < -0.3 is 10.6 Å². The molecule has 3 aromatic rings. The van der Waals surface area contributed by atoms with E-state index in [2.05, 4.69) is 31.6 Å². The second-order valence-electron chi connectivity index (χ2n) is 6.48. The third-order valence-corrected chi connectivity index (χ3v) is 4.94. The molecule has 7 nitrogen and oxygen atoms in total. The first kappa shape index (κ1) is 13.7. The minimum absolute atomic E-state index is 0.0349. The van der Waals surface area contributed by atoms with E-state index in [4.69, 9.17) is 5.10 Å². The van der Waals surface area contributed by atoms with Gasteiger partial charge in [-0.05, 0) is 31.2 Å². The number of benzene rings is 1. The van der Waals surface area contributed by atoms with Crippen LogP contribution in [-0.4, -0.2) is 32.4 Å². The van der Waals surface area contributed by atoms with Crippen molar-refractivity contribution in [1.29, 1.82) is 0 Å². The van der Waals surface area contributed by atoms with E-state index in [1.54, 1.807) is 0 Å². The number of amides is 1. The summed E-state index contributed by atoms with van der Waals surface area (Å²) in [5, 5.41) is 19.5. The topological polar surface area (TPSA) is 87.6 Å². The van der Waals surface area contributed by atoms with Crippen LogP contribution in [0.1, 0.15) is 35.7 Å². The smallest absolute Gasteiger partial charge is 0.225 e. The van der Waals surface area contributed by atoms with E-state index in [0.29, 0.717) is 6.42 Å². The van der Waals surface area contributed by atoms with Gasteiger partial charge >= 0.3 is 0 Å². The Hall–Kier alpha value is -2.67. The number of rotatable bonds is 1. The molecule has 1 unspecified atom stereocenters. The van der Waals surface area contributed by atoms with Crippen molar-refractivity contribution < 1.29 is 4.79 Å². The molecule has 7 heteroatoms. The van der Waals surface area contributed by atoms with E-state index in [1.165, 1.54) is 5.69 Å². The van der Waals surface area contributed by atoms with Crippen molar-refractivity contribution in [3.63, 3.8) is 0 Å².